The van der Waals surface area contributed by atoms with Crippen LogP contribution < -0.4 is 0 Å². The molecule has 0 saturated heterocycles. The van der Waals surface area contributed by atoms with Gasteiger partial charge in [0.2, 0.25) is 0 Å². The molecule has 0 aromatic heterocycles. The van der Waals surface area contributed by atoms with Crippen molar-refractivity contribution >= 4 is 0 Å². The van der Waals surface area contributed by atoms with E-state index in [2.05, 4.69) is 52.8 Å². The summed E-state index contributed by atoms with van der Waals surface area (Å²) in [5, 5.41) is 0. The average molecular weight is 464 g/mol. The maximum Gasteiger partial charge on any atom is 0 e. The Hall–Kier alpha value is 0.202. The first-order valence-electron chi connectivity index (χ1n) is 6.05. The molecule has 1 aromatic rings. The average Bonchev–Trinajstić information content (AvgIpc) is 2.19. The van der Waals surface area contributed by atoms with Crippen LogP contribution in [0.1, 0.15) is 58.2 Å². The molecule has 0 aliphatic heterocycles. The van der Waals surface area contributed by atoms with Crippen LogP contribution in [0.25, 0.3) is 0 Å². The first kappa shape index (κ1) is 22.4. The van der Waals surface area contributed by atoms with Gasteiger partial charge in [-0.1, -0.05) is 59.7 Å². The summed E-state index contributed by atoms with van der Waals surface area (Å²) in [6.45, 7) is 15.3. The molecule has 0 unspecified atom stereocenters. The third kappa shape index (κ3) is 6.63. The van der Waals surface area contributed by atoms with E-state index in [1.54, 1.807) is 0 Å². The third-order valence-electron chi connectivity index (χ3n) is 2.63. The molecule has 0 radical (unpaired) electrons. The summed E-state index contributed by atoms with van der Waals surface area (Å²) in [5.41, 5.74) is 4.70. The van der Waals surface area contributed by atoms with Crippen molar-refractivity contribution in [3.8, 4) is 0 Å². The van der Waals surface area contributed by atoms with E-state index in [4.69, 9.17) is 0 Å². The van der Waals surface area contributed by atoms with Crippen LogP contribution in [0.15, 0.2) is 18.2 Å². The molecule has 0 aliphatic carbocycles. The molecule has 17 heavy (non-hydrogen) atoms. The second kappa shape index (κ2) is 10.2. The SMILES string of the molecule is CC.CCc1cccc(C(C)(C)C)c1C.F.[U]. The summed E-state index contributed by atoms with van der Waals surface area (Å²) in [4.78, 5) is 0. The van der Waals surface area contributed by atoms with Crippen molar-refractivity contribution in [2.75, 3.05) is 0 Å². The normalized spacial score (nSPS) is 9.35. The molecule has 0 heterocycles. The summed E-state index contributed by atoms with van der Waals surface area (Å²) >= 11 is 0. The van der Waals surface area contributed by atoms with Gasteiger partial charge in [-0.25, -0.2) is 0 Å². The Morgan fingerprint density at radius 1 is 1.06 bits per heavy atom. The van der Waals surface area contributed by atoms with Crippen LogP contribution in [0.3, 0.4) is 0 Å². The van der Waals surface area contributed by atoms with Gasteiger partial charge in [0.15, 0.2) is 0 Å². The Balaban J connectivity index is -0.000000464. The van der Waals surface area contributed by atoms with Crippen molar-refractivity contribution in [3.05, 3.63) is 34.9 Å². The second-order valence-electron chi connectivity index (χ2n) is 4.69. The Labute approximate surface area is 130 Å². The fourth-order valence-corrected chi connectivity index (χ4v) is 1.88. The van der Waals surface area contributed by atoms with Crippen molar-refractivity contribution in [1.29, 1.82) is 0 Å². The van der Waals surface area contributed by atoms with Crippen LogP contribution in [0.2, 0.25) is 0 Å². The molecule has 0 fully saturated rings. The molecule has 1 rings (SSSR count). The molecular weight excluding hydrogens is 437 g/mol. The molecule has 0 N–H and O–H groups in total. The Bertz CT molecular complexity index is 300. The minimum Gasteiger partial charge on any atom is -0.269 e. The summed E-state index contributed by atoms with van der Waals surface area (Å²) in [5.74, 6) is 0. The molecule has 2 heteroatoms. The fraction of sp³-hybridized carbons (Fsp3) is 0.600. The fourth-order valence-electron chi connectivity index (χ4n) is 1.88. The van der Waals surface area contributed by atoms with E-state index >= 15 is 0 Å². The number of aryl methyl sites for hydroxylation is 1. The van der Waals surface area contributed by atoms with Gasteiger partial charge in [-0.3, -0.25) is 4.70 Å². The topological polar surface area (TPSA) is 0 Å². The van der Waals surface area contributed by atoms with E-state index in [1.807, 2.05) is 13.8 Å². The third-order valence-corrected chi connectivity index (χ3v) is 2.63. The van der Waals surface area contributed by atoms with Gasteiger partial charge < -0.3 is 0 Å². The number of halogens is 1. The van der Waals surface area contributed by atoms with Gasteiger partial charge in [-0.2, -0.15) is 0 Å². The minimum absolute atomic E-state index is 0. The van der Waals surface area contributed by atoms with Gasteiger partial charge >= 0.3 is 0 Å². The summed E-state index contributed by atoms with van der Waals surface area (Å²) in [6, 6.07) is 6.64. The summed E-state index contributed by atoms with van der Waals surface area (Å²) in [6.07, 6.45) is 1.13. The molecule has 0 amide bonds. The van der Waals surface area contributed by atoms with Gasteiger partial charge in [-0.15, -0.1) is 0 Å². The van der Waals surface area contributed by atoms with Crippen LogP contribution >= 0.6 is 0 Å². The first-order valence-corrected chi connectivity index (χ1v) is 6.05. The summed E-state index contributed by atoms with van der Waals surface area (Å²) < 4.78 is 0. The smallest absolute Gasteiger partial charge is 0 e. The molecule has 0 atom stereocenters. The van der Waals surface area contributed by atoms with Crippen molar-refractivity contribution in [2.24, 2.45) is 0 Å². The second-order valence-corrected chi connectivity index (χ2v) is 4.69. The van der Waals surface area contributed by atoms with Crippen molar-refractivity contribution in [3.63, 3.8) is 0 Å². The zero-order chi connectivity index (χ0) is 12.1. The van der Waals surface area contributed by atoms with Crippen LogP contribution in [0.5, 0.6) is 0 Å². The maximum atomic E-state index is 2.27. The Morgan fingerprint density at radius 2 is 1.53 bits per heavy atom. The molecule has 1 aromatic carbocycles. The molecule has 0 bridgehead atoms. The monoisotopic (exact) mass is 464 g/mol. The number of rotatable bonds is 1. The first-order chi connectivity index (χ1) is 6.96. The van der Waals surface area contributed by atoms with E-state index in [-0.39, 0.29) is 41.2 Å². The maximum absolute atomic E-state index is 2.27. The molecule has 0 aliphatic rings. The van der Waals surface area contributed by atoms with E-state index in [1.165, 1.54) is 16.7 Å². The van der Waals surface area contributed by atoms with E-state index in [0.717, 1.165) is 6.42 Å². The van der Waals surface area contributed by atoms with Crippen LogP contribution in [0, 0.1) is 38.0 Å². The van der Waals surface area contributed by atoms with Crippen LogP contribution in [0.4, 0.5) is 4.70 Å². The zero-order valence-electron chi connectivity index (χ0n) is 12.3. The van der Waals surface area contributed by atoms with Crippen molar-refractivity contribution < 1.29 is 35.8 Å². The molecule has 0 spiro atoms. The minimum atomic E-state index is 0. The molecular formula is C15H27FU. The molecule has 0 saturated carbocycles. The Morgan fingerprint density at radius 3 is 1.88 bits per heavy atom. The number of benzene rings is 1. The van der Waals surface area contributed by atoms with Gasteiger partial charge in [0.25, 0.3) is 0 Å². The van der Waals surface area contributed by atoms with Crippen molar-refractivity contribution in [2.45, 2.75) is 60.3 Å². The van der Waals surface area contributed by atoms with E-state index in [9.17, 15) is 0 Å². The predicted molar refractivity (Wildman–Crippen MR) is 73.1 cm³/mol. The quantitative estimate of drug-likeness (QED) is 0.547. The Kier molecular flexibility index (Phi) is 13.4. The van der Waals surface area contributed by atoms with Gasteiger partial charge in [0, 0.05) is 31.1 Å². The van der Waals surface area contributed by atoms with E-state index < -0.39 is 0 Å². The van der Waals surface area contributed by atoms with E-state index in [0.29, 0.717) is 0 Å². The number of hydrogen-bond donors (Lipinski definition) is 0. The summed E-state index contributed by atoms with van der Waals surface area (Å²) in [7, 11) is 0. The predicted octanol–water partition coefficient (Wildman–Crippen LogP) is 5.03. The standard InChI is InChI=1S/C13H20.C2H6.FH.U/c1-6-11-8-7-9-12(10(11)2)13(3,4)5;1-2;;/h7-9H,6H2,1-5H3;1-2H3;1H;. The van der Waals surface area contributed by atoms with Gasteiger partial charge in [0.1, 0.15) is 0 Å². The largest absolute Gasteiger partial charge is 0.269 e. The van der Waals surface area contributed by atoms with Crippen LogP contribution in [-0.4, -0.2) is 0 Å². The molecule has 0 nitrogen and oxygen atoms in total. The van der Waals surface area contributed by atoms with Gasteiger partial charge in [0.05, 0.1) is 0 Å². The van der Waals surface area contributed by atoms with Crippen molar-refractivity contribution in [1.82, 2.24) is 0 Å². The molecule has 98 valence electrons. The van der Waals surface area contributed by atoms with Crippen LogP contribution in [-0.2, 0) is 11.8 Å². The zero-order valence-corrected chi connectivity index (χ0v) is 16.5. The van der Waals surface area contributed by atoms with Gasteiger partial charge in [-0.05, 0) is 35.4 Å². The number of hydrogen-bond acceptors (Lipinski definition) is 0.